The van der Waals surface area contributed by atoms with Gasteiger partial charge in [0.1, 0.15) is 5.82 Å². The first-order valence-electron chi connectivity index (χ1n) is 8.13. The Morgan fingerprint density at radius 3 is 2.64 bits per heavy atom. The van der Waals surface area contributed by atoms with Gasteiger partial charge in [-0.1, -0.05) is 0 Å². The third kappa shape index (κ3) is 3.77. The zero-order chi connectivity index (χ0) is 16.3. The Morgan fingerprint density at radius 2 is 2.05 bits per heavy atom. The highest BCUT2D eigenvalue weighted by molar-refractivity contribution is 5.98. The summed E-state index contributed by atoms with van der Waals surface area (Å²) in [5.74, 6) is 0.286. The highest BCUT2D eigenvalue weighted by Gasteiger charge is 2.20. The molecule has 122 valence electrons. The van der Waals surface area contributed by atoms with Gasteiger partial charge in [-0.05, 0) is 64.8 Å². The second kappa shape index (κ2) is 7.09. The van der Waals surface area contributed by atoms with Crippen molar-refractivity contribution in [3.63, 3.8) is 0 Å². The van der Waals surface area contributed by atoms with Gasteiger partial charge in [0.05, 0.1) is 5.56 Å². The van der Waals surface area contributed by atoms with Crippen LogP contribution >= 0.6 is 0 Å². The van der Waals surface area contributed by atoms with Crippen LogP contribution in [0.2, 0.25) is 0 Å². The first kappa shape index (κ1) is 16.7. The van der Waals surface area contributed by atoms with Gasteiger partial charge in [-0.25, -0.2) is 4.98 Å². The minimum atomic E-state index is -0.412. The van der Waals surface area contributed by atoms with Crippen LogP contribution in [0.3, 0.4) is 0 Å². The molecule has 1 aliphatic rings. The van der Waals surface area contributed by atoms with Gasteiger partial charge in [0.25, 0.3) is 5.91 Å². The van der Waals surface area contributed by atoms with Gasteiger partial charge >= 0.3 is 0 Å². The van der Waals surface area contributed by atoms with E-state index in [1.54, 1.807) is 0 Å². The molecule has 1 aromatic heterocycles. The number of carbonyl (C=O) groups excluding carboxylic acids is 1. The zero-order valence-corrected chi connectivity index (χ0v) is 14.2. The fraction of sp³-hybridized carbons (Fsp3) is 0.647. The highest BCUT2D eigenvalue weighted by Crippen LogP contribution is 2.21. The first-order chi connectivity index (χ1) is 10.4. The Balaban J connectivity index is 2.06. The number of nitrogens with two attached hydrogens (primary N) is 1. The van der Waals surface area contributed by atoms with E-state index in [0.29, 0.717) is 17.4 Å². The predicted molar refractivity (Wildman–Crippen MR) is 90.4 cm³/mol. The van der Waals surface area contributed by atoms with Crippen molar-refractivity contribution in [2.24, 2.45) is 5.73 Å². The molecule has 22 heavy (non-hydrogen) atoms. The second-order valence-electron chi connectivity index (χ2n) is 6.43. The number of aromatic nitrogens is 1. The summed E-state index contributed by atoms with van der Waals surface area (Å²) in [6, 6.07) is 2.41. The minimum Gasteiger partial charge on any atom is -0.365 e. The van der Waals surface area contributed by atoms with E-state index < -0.39 is 5.91 Å². The number of pyridine rings is 1. The fourth-order valence-corrected chi connectivity index (χ4v) is 3.02. The summed E-state index contributed by atoms with van der Waals surface area (Å²) in [7, 11) is 1.99. The maximum Gasteiger partial charge on any atom is 0.252 e. The van der Waals surface area contributed by atoms with Crippen LogP contribution in [0, 0.1) is 13.8 Å². The monoisotopic (exact) mass is 304 g/mol. The number of primary amides is 1. The van der Waals surface area contributed by atoms with Crippen molar-refractivity contribution in [1.29, 1.82) is 0 Å². The maximum atomic E-state index is 11.7. The molecule has 2 heterocycles. The van der Waals surface area contributed by atoms with Crippen molar-refractivity contribution >= 4 is 11.7 Å². The number of amides is 1. The summed E-state index contributed by atoms with van der Waals surface area (Å²) in [4.78, 5) is 20.9. The lowest BCUT2D eigenvalue weighted by Crippen LogP contribution is -2.34. The number of anilines is 1. The van der Waals surface area contributed by atoms with Crippen molar-refractivity contribution < 1.29 is 4.79 Å². The lowest BCUT2D eigenvalue weighted by molar-refractivity contribution is 0.100. The molecule has 1 aliphatic heterocycles. The van der Waals surface area contributed by atoms with Crippen LogP contribution in [-0.4, -0.2) is 48.5 Å². The molecule has 1 aromatic rings. The van der Waals surface area contributed by atoms with Gasteiger partial charge in [0.15, 0.2) is 0 Å². The molecule has 0 spiro atoms. The average molecular weight is 304 g/mol. The van der Waals surface area contributed by atoms with Crippen LogP contribution in [0.1, 0.15) is 47.8 Å². The molecule has 2 N–H and O–H groups in total. The number of hydrogen-bond acceptors (Lipinski definition) is 4. The van der Waals surface area contributed by atoms with Crippen LogP contribution < -0.4 is 10.6 Å². The largest absolute Gasteiger partial charge is 0.365 e. The molecule has 1 amide bonds. The fourth-order valence-electron chi connectivity index (χ4n) is 3.02. The highest BCUT2D eigenvalue weighted by atomic mass is 16.1. The third-order valence-corrected chi connectivity index (χ3v) is 4.72. The number of rotatable bonds is 6. The Morgan fingerprint density at radius 1 is 1.41 bits per heavy atom. The van der Waals surface area contributed by atoms with Crippen LogP contribution in [0.5, 0.6) is 0 Å². The quantitative estimate of drug-likeness (QED) is 0.874. The van der Waals surface area contributed by atoms with Crippen molar-refractivity contribution in [2.75, 3.05) is 31.6 Å². The Bertz CT molecular complexity index is 538. The van der Waals surface area contributed by atoms with E-state index in [1.165, 1.54) is 25.9 Å². The molecular weight excluding hydrogens is 276 g/mol. The number of nitrogens with zero attached hydrogens (tertiary/aromatic N) is 3. The van der Waals surface area contributed by atoms with Crippen LogP contribution in [0.4, 0.5) is 5.82 Å². The Kier molecular flexibility index (Phi) is 5.40. The van der Waals surface area contributed by atoms with Crippen LogP contribution in [-0.2, 0) is 0 Å². The molecule has 1 fully saturated rings. The number of likely N-dealkylation sites (tertiary alicyclic amines) is 1. The molecule has 0 aliphatic carbocycles. The van der Waals surface area contributed by atoms with Gasteiger partial charge in [-0.15, -0.1) is 0 Å². The number of aryl methyl sites for hydroxylation is 2. The van der Waals surface area contributed by atoms with Gasteiger partial charge in [-0.3, -0.25) is 4.79 Å². The molecule has 2 rings (SSSR count). The van der Waals surface area contributed by atoms with Crippen molar-refractivity contribution in [1.82, 2.24) is 9.88 Å². The van der Waals surface area contributed by atoms with Crippen molar-refractivity contribution in [3.05, 3.63) is 22.9 Å². The SMILES string of the molecule is Cc1cc(C(N)=O)c(N(C)CCC(C)N2CCCC2)nc1C. The zero-order valence-electron chi connectivity index (χ0n) is 14.2. The van der Waals surface area contributed by atoms with E-state index in [9.17, 15) is 4.79 Å². The number of carbonyl (C=O) groups is 1. The van der Waals surface area contributed by atoms with Crippen molar-refractivity contribution in [2.45, 2.75) is 46.1 Å². The molecule has 1 unspecified atom stereocenters. The van der Waals surface area contributed by atoms with E-state index in [0.717, 1.165) is 24.2 Å². The van der Waals surface area contributed by atoms with Gasteiger partial charge < -0.3 is 15.5 Å². The average Bonchev–Trinajstić information content (AvgIpc) is 3.00. The molecule has 1 atom stereocenters. The van der Waals surface area contributed by atoms with E-state index >= 15 is 0 Å². The number of hydrogen-bond donors (Lipinski definition) is 1. The topological polar surface area (TPSA) is 62.5 Å². The van der Waals surface area contributed by atoms with Crippen LogP contribution in [0.15, 0.2) is 6.07 Å². The summed E-state index contributed by atoms with van der Waals surface area (Å²) in [6.45, 7) is 9.48. The summed E-state index contributed by atoms with van der Waals surface area (Å²) in [6.07, 6.45) is 3.68. The van der Waals surface area contributed by atoms with Gasteiger partial charge in [0, 0.05) is 25.3 Å². The van der Waals surface area contributed by atoms with E-state index in [1.807, 2.05) is 27.0 Å². The molecule has 0 radical (unpaired) electrons. The summed E-state index contributed by atoms with van der Waals surface area (Å²) >= 11 is 0. The molecule has 0 aromatic carbocycles. The predicted octanol–water partition coefficient (Wildman–Crippen LogP) is 2.11. The van der Waals surface area contributed by atoms with E-state index in [-0.39, 0.29) is 0 Å². The summed E-state index contributed by atoms with van der Waals surface area (Å²) in [5.41, 5.74) is 7.97. The third-order valence-electron chi connectivity index (χ3n) is 4.72. The maximum absolute atomic E-state index is 11.7. The second-order valence-corrected chi connectivity index (χ2v) is 6.43. The Hall–Kier alpha value is -1.62. The smallest absolute Gasteiger partial charge is 0.252 e. The molecule has 0 saturated carbocycles. The Labute approximate surface area is 133 Å². The lowest BCUT2D eigenvalue weighted by atomic mass is 10.1. The molecular formula is C17H28N4O. The van der Waals surface area contributed by atoms with Gasteiger partial charge in [-0.2, -0.15) is 0 Å². The van der Waals surface area contributed by atoms with Crippen molar-refractivity contribution in [3.8, 4) is 0 Å². The summed E-state index contributed by atoms with van der Waals surface area (Å²) < 4.78 is 0. The molecule has 5 nitrogen and oxygen atoms in total. The van der Waals surface area contributed by atoms with Gasteiger partial charge in [0.2, 0.25) is 0 Å². The molecule has 1 saturated heterocycles. The standard InChI is InChI=1S/C17H28N4O/c1-12-11-15(16(18)22)17(19-14(12)3)20(4)10-7-13(2)21-8-5-6-9-21/h11,13H,5-10H2,1-4H3,(H2,18,22). The normalized spacial score (nSPS) is 16.7. The van der Waals surface area contributed by atoms with E-state index in [2.05, 4.69) is 21.7 Å². The minimum absolute atomic E-state index is 0.412. The van der Waals surface area contributed by atoms with E-state index in [4.69, 9.17) is 5.73 Å². The summed E-state index contributed by atoms with van der Waals surface area (Å²) in [5, 5.41) is 0. The lowest BCUT2D eigenvalue weighted by Gasteiger charge is -2.27. The first-order valence-corrected chi connectivity index (χ1v) is 8.13. The molecule has 0 bridgehead atoms. The molecule has 5 heteroatoms. The van der Waals surface area contributed by atoms with Crippen LogP contribution in [0.25, 0.3) is 0 Å².